The second kappa shape index (κ2) is 6.81. The molecule has 138 valence electrons. The second-order valence-corrected chi connectivity index (χ2v) is 6.15. The minimum Gasteiger partial charge on any atom is -0.354 e. The van der Waals surface area contributed by atoms with Crippen molar-refractivity contribution in [2.75, 3.05) is 18.0 Å². The number of aryl methyl sites for hydroxylation is 1. The predicted octanol–water partition coefficient (Wildman–Crippen LogP) is 1.81. The largest absolute Gasteiger partial charge is 0.417 e. The molecule has 0 radical (unpaired) electrons. The van der Waals surface area contributed by atoms with Gasteiger partial charge in [-0.3, -0.25) is 9.59 Å². The predicted molar refractivity (Wildman–Crippen MR) is 89.0 cm³/mol. The molecule has 1 unspecified atom stereocenters. The number of carbonyl (C=O) groups excluding carboxylic acids is 1. The van der Waals surface area contributed by atoms with Crippen molar-refractivity contribution in [3.8, 4) is 0 Å². The molecular formula is C17H17F3N4O2. The SMILES string of the molecule is Cn1cccc(C(=O)NC2CCN(c3ccc(C(F)(F)F)cn3)C2)c1=O. The van der Waals surface area contributed by atoms with E-state index >= 15 is 0 Å². The van der Waals surface area contributed by atoms with Gasteiger partial charge in [-0.15, -0.1) is 0 Å². The van der Waals surface area contributed by atoms with E-state index in [1.807, 2.05) is 0 Å². The summed E-state index contributed by atoms with van der Waals surface area (Å²) >= 11 is 0. The Balaban J connectivity index is 1.64. The first-order valence-electron chi connectivity index (χ1n) is 8.00. The highest BCUT2D eigenvalue weighted by Crippen LogP contribution is 2.29. The molecule has 2 aromatic heterocycles. The van der Waals surface area contributed by atoms with Crippen LogP contribution in [0.2, 0.25) is 0 Å². The number of nitrogens with one attached hydrogen (secondary N) is 1. The molecule has 1 atom stereocenters. The van der Waals surface area contributed by atoms with Gasteiger partial charge in [0.05, 0.1) is 5.56 Å². The number of alkyl halides is 3. The van der Waals surface area contributed by atoms with E-state index in [0.29, 0.717) is 25.3 Å². The van der Waals surface area contributed by atoms with Crippen molar-refractivity contribution in [3.05, 3.63) is 58.1 Å². The zero-order valence-corrected chi connectivity index (χ0v) is 14.0. The average molecular weight is 366 g/mol. The van der Waals surface area contributed by atoms with Crippen molar-refractivity contribution in [2.45, 2.75) is 18.6 Å². The van der Waals surface area contributed by atoms with Crippen LogP contribution in [0.4, 0.5) is 19.0 Å². The number of rotatable bonds is 3. The third-order valence-electron chi connectivity index (χ3n) is 4.29. The molecule has 9 heteroatoms. The van der Waals surface area contributed by atoms with Crippen molar-refractivity contribution in [1.82, 2.24) is 14.9 Å². The maximum atomic E-state index is 12.6. The molecule has 0 spiro atoms. The van der Waals surface area contributed by atoms with Crippen LogP contribution in [0.1, 0.15) is 22.3 Å². The lowest BCUT2D eigenvalue weighted by Crippen LogP contribution is -2.40. The smallest absolute Gasteiger partial charge is 0.354 e. The molecule has 1 aliphatic heterocycles. The molecule has 1 saturated heterocycles. The Labute approximate surface area is 147 Å². The van der Waals surface area contributed by atoms with Crippen LogP contribution in [0.15, 0.2) is 41.5 Å². The number of hydrogen-bond acceptors (Lipinski definition) is 4. The van der Waals surface area contributed by atoms with Gasteiger partial charge in [-0.05, 0) is 30.7 Å². The molecule has 0 saturated carbocycles. The number of hydrogen-bond donors (Lipinski definition) is 1. The van der Waals surface area contributed by atoms with Crippen LogP contribution in [0.5, 0.6) is 0 Å². The van der Waals surface area contributed by atoms with E-state index in [0.717, 1.165) is 12.3 Å². The van der Waals surface area contributed by atoms with Crippen LogP contribution in [0.3, 0.4) is 0 Å². The lowest BCUT2D eigenvalue weighted by atomic mass is 10.2. The van der Waals surface area contributed by atoms with Crippen LogP contribution in [-0.2, 0) is 13.2 Å². The van der Waals surface area contributed by atoms with Gasteiger partial charge in [-0.2, -0.15) is 13.2 Å². The zero-order chi connectivity index (χ0) is 18.9. The molecule has 0 bridgehead atoms. The third kappa shape index (κ3) is 3.71. The minimum absolute atomic E-state index is 0.0566. The molecule has 0 aromatic carbocycles. The van der Waals surface area contributed by atoms with E-state index in [1.54, 1.807) is 24.2 Å². The van der Waals surface area contributed by atoms with Gasteiger partial charge in [0.25, 0.3) is 11.5 Å². The maximum Gasteiger partial charge on any atom is 0.417 e. The summed E-state index contributed by atoms with van der Waals surface area (Å²) in [7, 11) is 1.56. The Bertz CT molecular complexity index is 862. The standard InChI is InChI=1S/C17H17F3N4O2/c1-23-7-2-3-13(16(23)26)15(25)22-12-6-8-24(10-12)14-5-4-11(9-21-14)17(18,19)20/h2-5,7,9,12H,6,8,10H2,1H3,(H,22,25). The summed E-state index contributed by atoms with van der Waals surface area (Å²) in [6.07, 6.45) is -1.45. The van der Waals surface area contributed by atoms with Gasteiger partial charge < -0.3 is 14.8 Å². The quantitative estimate of drug-likeness (QED) is 0.900. The number of carbonyl (C=O) groups is 1. The van der Waals surface area contributed by atoms with Crippen molar-refractivity contribution in [2.24, 2.45) is 7.05 Å². The number of amides is 1. The molecular weight excluding hydrogens is 349 g/mol. The summed E-state index contributed by atoms with van der Waals surface area (Å²) in [6.45, 7) is 0.966. The molecule has 2 aromatic rings. The normalized spacial score (nSPS) is 17.4. The third-order valence-corrected chi connectivity index (χ3v) is 4.29. The number of halogens is 3. The Morgan fingerprint density at radius 3 is 2.73 bits per heavy atom. The maximum absolute atomic E-state index is 12.6. The number of aromatic nitrogens is 2. The van der Waals surface area contributed by atoms with E-state index < -0.39 is 17.6 Å². The highest BCUT2D eigenvalue weighted by atomic mass is 19.4. The number of nitrogens with zero attached hydrogens (tertiary/aromatic N) is 3. The van der Waals surface area contributed by atoms with Crippen LogP contribution in [0, 0.1) is 0 Å². The van der Waals surface area contributed by atoms with Crippen LogP contribution >= 0.6 is 0 Å². The Kier molecular flexibility index (Phi) is 4.71. The van der Waals surface area contributed by atoms with Gasteiger partial charge in [0, 0.05) is 38.6 Å². The highest BCUT2D eigenvalue weighted by molar-refractivity contribution is 5.94. The van der Waals surface area contributed by atoms with E-state index in [-0.39, 0.29) is 17.2 Å². The molecule has 26 heavy (non-hydrogen) atoms. The first kappa shape index (κ1) is 18.0. The van der Waals surface area contributed by atoms with Gasteiger partial charge in [-0.25, -0.2) is 4.98 Å². The molecule has 3 rings (SSSR count). The molecule has 1 N–H and O–H groups in total. The Hall–Kier alpha value is -2.84. The van der Waals surface area contributed by atoms with Gasteiger partial charge in [0.15, 0.2) is 0 Å². The van der Waals surface area contributed by atoms with Crippen LogP contribution in [0.25, 0.3) is 0 Å². The summed E-state index contributed by atoms with van der Waals surface area (Å²) in [5.41, 5.74) is -1.13. The lowest BCUT2D eigenvalue weighted by molar-refractivity contribution is -0.137. The van der Waals surface area contributed by atoms with E-state index in [1.165, 1.54) is 16.7 Å². The molecule has 0 aliphatic carbocycles. The Morgan fingerprint density at radius 1 is 1.31 bits per heavy atom. The first-order chi connectivity index (χ1) is 12.3. The second-order valence-electron chi connectivity index (χ2n) is 6.15. The summed E-state index contributed by atoms with van der Waals surface area (Å²) in [6, 6.07) is 5.17. The molecule has 1 amide bonds. The van der Waals surface area contributed by atoms with E-state index in [2.05, 4.69) is 10.3 Å². The average Bonchev–Trinajstić information content (AvgIpc) is 3.05. The van der Waals surface area contributed by atoms with Gasteiger partial charge in [0.2, 0.25) is 0 Å². The fourth-order valence-corrected chi connectivity index (χ4v) is 2.86. The van der Waals surface area contributed by atoms with Gasteiger partial charge >= 0.3 is 6.18 Å². The van der Waals surface area contributed by atoms with Gasteiger partial charge in [0.1, 0.15) is 11.4 Å². The van der Waals surface area contributed by atoms with E-state index in [9.17, 15) is 22.8 Å². The highest BCUT2D eigenvalue weighted by Gasteiger charge is 2.31. The van der Waals surface area contributed by atoms with Crippen LogP contribution < -0.4 is 15.8 Å². The summed E-state index contributed by atoms with van der Waals surface area (Å²) in [4.78, 5) is 29.9. The summed E-state index contributed by atoms with van der Waals surface area (Å²) in [5.74, 6) is -0.0381. The Morgan fingerprint density at radius 2 is 2.08 bits per heavy atom. The van der Waals surface area contributed by atoms with Crippen molar-refractivity contribution < 1.29 is 18.0 Å². The minimum atomic E-state index is -4.42. The molecule has 3 heterocycles. The first-order valence-corrected chi connectivity index (χ1v) is 8.00. The number of anilines is 1. The lowest BCUT2D eigenvalue weighted by Gasteiger charge is -2.18. The van der Waals surface area contributed by atoms with Gasteiger partial charge in [-0.1, -0.05) is 0 Å². The fraction of sp³-hybridized carbons (Fsp3) is 0.353. The van der Waals surface area contributed by atoms with Crippen molar-refractivity contribution in [3.63, 3.8) is 0 Å². The van der Waals surface area contributed by atoms with Crippen molar-refractivity contribution >= 4 is 11.7 Å². The molecule has 1 fully saturated rings. The van der Waals surface area contributed by atoms with E-state index in [4.69, 9.17) is 0 Å². The zero-order valence-electron chi connectivity index (χ0n) is 14.0. The monoisotopic (exact) mass is 366 g/mol. The van der Waals surface area contributed by atoms with Crippen molar-refractivity contribution in [1.29, 1.82) is 0 Å². The number of pyridine rings is 2. The fourth-order valence-electron chi connectivity index (χ4n) is 2.86. The summed E-state index contributed by atoms with van der Waals surface area (Å²) in [5, 5.41) is 2.80. The van der Waals surface area contributed by atoms with Crippen LogP contribution in [-0.4, -0.2) is 34.6 Å². The summed E-state index contributed by atoms with van der Waals surface area (Å²) < 4.78 is 39.1. The molecule has 1 aliphatic rings. The topological polar surface area (TPSA) is 67.2 Å². The molecule has 6 nitrogen and oxygen atoms in total.